The number of nitrogens with zero attached hydrogens (tertiary/aromatic N) is 2. The topological polar surface area (TPSA) is 67.2 Å². The Morgan fingerprint density at radius 3 is 2.95 bits per heavy atom. The number of thioether (sulfide) groups is 1. The maximum absolute atomic E-state index is 12.1. The predicted octanol–water partition coefficient (Wildman–Crippen LogP) is 2.18. The molecule has 0 saturated carbocycles. The Bertz CT molecular complexity index is 627. The van der Waals surface area contributed by atoms with E-state index in [0.29, 0.717) is 19.4 Å². The SMILES string of the molecule is CCC(O)CCNC(=O)Cn1c(CSC)nc2ccccc21. The Kier molecular flexibility index (Phi) is 6.27. The summed E-state index contributed by atoms with van der Waals surface area (Å²) in [5.41, 5.74) is 1.90. The van der Waals surface area contributed by atoms with Gasteiger partial charge in [0.15, 0.2) is 0 Å². The number of fused-ring (bicyclic) bond motifs is 1. The summed E-state index contributed by atoms with van der Waals surface area (Å²) in [6.07, 6.45) is 2.97. The number of aromatic nitrogens is 2. The third-order valence-corrected chi connectivity index (χ3v) is 4.13. The van der Waals surface area contributed by atoms with Gasteiger partial charge in [-0.3, -0.25) is 4.79 Å². The molecular formula is C16H23N3O2S. The second kappa shape index (κ2) is 8.19. The lowest BCUT2D eigenvalue weighted by Crippen LogP contribution is -2.30. The monoisotopic (exact) mass is 321 g/mol. The predicted molar refractivity (Wildman–Crippen MR) is 90.9 cm³/mol. The summed E-state index contributed by atoms with van der Waals surface area (Å²) in [6.45, 7) is 2.69. The number of imidazole rings is 1. The third-order valence-electron chi connectivity index (χ3n) is 3.58. The number of benzene rings is 1. The first-order valence-corrected chi connectivity index (χ1v) is 8.93. The van der Waals surface area contributed by atoms with Gasteiger partial charge in [-0.15, -0.1) is 0 Å². The molecule has 0 aliphatic rings. The zero-order chi connectivity index (χ0) is 15.9. The molecule has 5 nitrogen and oxygen atoms in total. The number of carbonyl (C=O) groups is 1. The van der Waals surface area contributed by atoms with Crippen LogP contribution in [0.3, 0.4) is 0 Å². The summed E-state index contributed by atoms with van der Waals surface area (Å²) in [6, 6.07) is 7.86. The van der Waals surface area contributed by atoms with E-state index < -0.39 is 0 Å². The number of amides is 1. The van der Waals surface area contributed by atoms with E-state index in [-0.39, 0.29) is 18.6 Å². The molecule has 0 radical (unpaired) electrons. The lowest BCUT2D eigenvalue weighted by atomic mass is 10.2. The van der Waals surface area contributed by atoms with E-state index in [1.165, 1.54) is 0 Å². The minimum Gasteiger partial charge on any atom is -0.393 e. The van der Waals surface area contributed by atoms with Crippen LogP contribution in [-0.2, 0) is 17.1 Å². The van der Waals surface area contributed by atoms with Crippen LogP contribution in [0.4, 0.5) is 0 Å². The van der Waals surface area contributed by atoms with Crippen molar-refractivity contribution in [3.8, 4) is 0 Å². The van der Waals surface area contributed by atoms with Gasteiger partial charge in [0.25, 0.3) is 0 Å². The zero-order valence-corrected chi connectivity index (χ0v) is 13.9. The normalized spacial score (nSPS) is 12.5. The van der Waals surface area contributed by atoms with Crippen molar-refractivity contribution in [2.45, 2.75) is 38.2 Å². The smallest absolute Gasteiger partial charge is 0.240 e. The van der Waals surface area contributed by atoms with Gasteiger partial charge >= 0.3 is 0 Å². The Hall–Kier alpha value is -1.53. The van der Waals surface area contributed by atoms with Gasteiger partial charge in [-0.2, -0.15) is 11.8 Å². The minimum absolute atomic E-state index is 0.0474. The zero-order valence-electron chi connectivity index (χ0n) is 13.1. The van der Waals surface area contributed by atoms with Gasteiger partial charge < -0.3 is 15.0 Å². The van der Waals surface area contributed by atoms with Gasteiger partial charge in [0.05, 0.1) is 22.9 Å². The van der Waals surface area contributed by atoms with Crippen molar-refractivity contribution in [1.29, 1.82) is 0 Å². The first-order chi connectivity index (χ1) is 10.7. The molecule has 6 heteroatoms. The van der Waals surface area contributed by atoms with Crippen LogP contribution in [0.25, 0.3) is 11.0 Å². The largest absolute Gasteiger partial charge is 0.393 e. The van der Waals surface area contributed by atoms with Crippen LogP contribution >= 0.6 is 11.8 Å². The second-order valence-corrected chi connectivity index (χ2v) is 6.10. The molecule has 1 atom stereocenters. The quantitative estimate of drug-likeness (QED) is 0.782. The van der Waals surface area contributed by atoms with Crippen LogP contribution in [0.15, 0.2) is 24.3 Å². The number of carbonyl (C=O) groups excluding carboxylic acids is 1. The molecule has 1 unspecified atom stereocenters. The van der Waals surface area contributed by atoms with Gasteiger partial charge in [0, 0.05) is 6.54 Å². The number of aliphatic hydroxyl groups excluding tert-OH is 1. The molecular weight excluding hydrogens is 298 g/mol. The lowest BCUT2D eigenvalue weighted by Gasteiger charge is -2.11. The van der Waals surface area contributed by atoms with Crippen molar-refractivity contribution in [2.24, 2.45) is 0 Å². The van der Waals surface area contributed by atoms with Crippen LogP contribution in [0.2, 0.25) is 0 Å². The van der Waals surface area contributed by atoms with Crippen molar-refractivity contribution in [2.75, 3.05) is 12.8 Å². The molecule has 2 N–H and O–H groups in total. The average Bonchev–Trinajstić information content (AvgIpc) is 2.85. The molecule has 0 bridgehead atoms. The summed E-state index contributed by atoms with van der Waals surface area (Å²) in [5.74, 6) is 1.64. The standard InChI is InChI=1S/C16H23N3O2S/c1-3-12(20)8-9-17-16(21)10-19-14-7-5-4-6-13(14)18-15(19)11-22-2/h4-7,12,20H,3,8-11H2,1-2H3,(H,17,21). The number of aliphatic hydroxyl groups is 1. The van der Waals surface area contributed by atoms with Gasteiger partial charge in [-0.25, -0.2) is 4.98 Å². The summed E-state index contributed by atoms with van der Waals surface area (Å²) in [4.78, 5) is 16.7. The van der Waals surface area contributed by atoms with Crippen LogP contribution in [0.1, 0.15) is 25.6 Å². The summed E-state index contributed by atoms with van der Waals surface area (Å²) in [7, 11) is 0. The van der Waals surface area contributed by atoms with E-state index in [1.807, 2.05) is 42.0 Å². The van der Waals surface area contributed by atoms with E-state index in [4.69, 9.17) is 0 Å². The third kappa shape index (κ3) is 4.24. The van der Waals surface area contributed by atoms with Crippen LogP contribution in [0, 0.1) is 0 Å². The number of hydrogen-bond acceptors (Lipinski definition) is 4. The first-order valence-electron chi connectivity index (χ1n) is 7.53. The van der Waals surface area contributed by atoms with E-state index >= 15 is 0 Å². The average molecular weight is 321 g/mol. The van der Waals surface area contributed by atoms with E-state index in [2.05, 4.69) is 10.3 Å². The Balaban J connectivity index is 2.06. The number of para-hydroxylation sites is 2. The summed E-state index contributed by atoms with van der Waals surface area (Å²) in [5, 5.41) is 12.4. The molecule has 2 aromatic rings. The van der Waals surface area contributed by atoms with Gasteiger partial charge in [-0.05, 0) is 31.2 Å². The molecule has 0 aliphatic carbocycles. The molecule has 1 heterocycles. The minimum atomic E-state index is -0.346. The Labute approximate surface area is 135 Å². The molecule has 0 aliphatic heterocycles. The van der Waals surface area contributed by atoms with Gasteiger partial charge in [-0.1, -0.05) is 19.1 Å². The highest BCUT2D eigenvalue weighted by Crippen LogP contribution is 2.18. The molecule has 2 rings (SSSR count). The highest BCUT2D eigenvalue weighted by molar-refractivity contribution is 7.97. The number of nitrogens with one attached hydrogen (secondary N) is 1. The van der Waals surface area contributed by atoms with Crippen molar-refractivity contribution >= 4 is 28.7 Å². The Morgan fingerprint density at radius 1 is 1.45 bits per heavy atom. The molecule has 120 valence electrons. The van der Waals surface area contributed by atoms with Crippen molar-refractivity contribution in [1.82, 2.24) is 14.9 Å². The first kappa shape index (κ1) is 16.8. The summed E-state index contributed by atoms with van der Waals surface area (Å²) < 4.78 is 1.97. The molecule has 1 aromatic heterocycles. The van der Waals surface area contributed by atoms with E-state index in [0.717, 1.165) is 22.6 Å². The van der Waals surface area contributed by atoms with Crippen molar-refractivity contribution in [3.05, 3.63) is 30.1 Å². The molecule has 1 aromatic carbocycles. The van der Waals surface area contributed by atoms with Gasteiger partial charge in [0.2, 0.25) is 5.91 Å². The van der Waals surface area contributed by atoms with Crippen LogP contribution in [0.5, 0.6) is 0 Å². The molecule has 0 saturated heterocycles. The Morgan fingerprint density at radius 2 is 2.23 bits per heavy atom. The molecule has 0 spiro atoms. The lowest BCUT2D eigenvalue weighted by molar-refractivity contribution is -0.121. The highest BCUT2D eigenvalue weighted by Gasteiger charge is 2.13. The van der Waals surface area contributed by atoms with E-state index in [1.54, 1.807) is 11.8 Å². The fourth-order valence-corrected chi connectivity index (χ4v) is 2.80. The summed E-state index contributed by atoms with van der Waals surface area (Å²) >= 11 is 1.69. The van der Waals surface area contributed by atoms with Crippen LogP contribution in [-0.4, -0.2) is 39.5 Å². The van der Waals surface area contributed by atoms with Crippen molar-refractivity contribution < 1.29 is 9.90 Å². The van der Waals surface area contributed by atoms with Crippen molar-refractivity contribution in [3.63, 3.8) is 0 Å². The number of hydrogen-bond donors (Lipinski definition) is 2. The van der Waals surface area contributed by atoms with Crippen LogP contribution < -0.4 is 5.32 Å². The van der Waals surface area contributed by atoms with Gasteiger partial charge in [0.1, 0.15) is 12.4 Å². The maximum Gasteiger partial charge on any atom is 0.240 e. The fourth-order valence-electron chi connectivity index (χ4n) is 2.32. The molecule has 1 amide bonds. The second-order valence-electron chi connectivity index (χ2n) is 5.24. The highest BCUT2D eigenvalue weighted by atomic mass is 32.2. The molecule has 22 heavy (non-hydrogen) atoms. The number of rotatable bonds is 8. The molecule has 0 fully saturated rings. The van der Waals surface area contributed by atoms with E-state index in [9.17, 15) is 9.90 Å². The maximum atomic E-state index is 12.1. The fraction of sp³-hybridized carbons (Fsp3) is 0.500.